The Labute approximate surface area is 329 Å². The second-order valence-electron chi connectivity index (χ2n) is 16.3. The summed E-state index contributed by atoms with van der Waals surface area (Å²) in [6, 6.07) is 16.2. The molecule has 0 unspecified atom stereocenters. The Hall–Kier alpha value is -4.10. The molecule has 2 heterocycles. The summed E-state index contributed by atoms with van der Waals surface area (Å²) in [6.45, 7) is 9.27. The van der Waals surface area contributed by atoms with Gasteiger partial charge in [0.25, 0.3) is 5.91 Å². The van der Waals surface area contributed by atoms with E-state index in [1.807, 2.05) is 30.3 Å². The molecule has 2 bridgehead atoms. The Morgan fingerprint density at radius 2 is 1.62 bits per heavy atom. The van der Waals surface area contributed by atoms with Crippen molar-refractivity contribution in [2.45, 2.75) is 118 Å². The summed E-state index contributed by atoms with van der Waals surface area (Å²) < 4.78 is 32.7. The van der Waals surface area contributed by atoms with Gasteiger partial charge in [0.15, 0.2) is 0 Å². The minimum atomic E-state index is -3.89. The molecule has 1 saturated heterocycles. The minimum absolute atomic E-state index is 0.166. The Bertz CT molecular complexity index is 1890. The molecule has 55 heavy (non-hydrogen) atoms. The number of allylic oxidation sites excluding steroid dienone is 1. The molecule has 0 radical (unpaired) electrons. The number of hydrogen-bond donors (Lipinski definition) is 3. The van der Waals surface area contributed by atoms with Gasteiger partial charge in [-0.05, 0) is 82.4 Å². The van der Waals surface area contributed by atoms with Gasteiger partial charge in [-0.3, -0.25) is 19.1 Å². The van der Waals surface area contributed by atoms with Gasteiger partial charge in [-0.15, -0.1) is 18.3 Å². The number of nitrogens with one attached hydrogen (secondary N) is 3. The van der Waals surface area contributed by atoms with Crippen LogP contribution in [0.5, 0.6) is 0 Å². The molecule has 2 saturated carbocycles. The van der Waals surface area contributed by atoms with Crippen LogP contribution in [-0.4, -0.2) is 77.9 Å². The standard InChI is InChI=1S/C42H54N4O7S2/c1-5-31-26-42(31,38(49)45-55(51,52)33-23-24-33)44-36(47)35-27-41(32-21-19-30(20-22-32)29-16-12-11-13-17-29)28-46(35)37(48)34(43-39(50)53-40(2,3)4)18-14-9-7-6-8-10-15-25-54-41/h5,10-13,15-17,19-22,31,33-35H,1,6-9,14,18,23-28H2,2-4H3,(H,43,50)(H,44,47)(H,45,49)/b15-10+/t31-,34+,35+,41+,42-/m1/s1. The SMILES string of the molecule is C=C[C@@H]1C[C@]1(NC(=O)[C@@H]1C[C@@]2(c3ccc(-c4ccccc4)cc3)CN1C(=O)[C@@H](NC(=O)OC(C)(C)C)CCCCCC/C=C/CS2)C(=O)NS(=O)(=O)C1CC1. The van der Waals surface area contributed by atoms with Gasteiger partial charge in [0.05, 0.1) is 10.00 Å². The van der Waals surface area contributed by atoms with Crippen LogP contribution in [-0.2, 0) is 33.9 Å². The lowest BCUT2D eigenvalue weighted by atomic mass is 9.93. The van der Waals surface area contributed by atoms with Gasteiger partial charge in [0.1, 0.15) is 23.2 Å². The number of carbonyl (C=O) groups excluding carboxylic acids is 4. The number of rotatable bonds is 9. The Morgan fingerprint density at radius 3 is 2.27 bits per heavy atom. The fourth-order valence-electron chi connectivity index (χ4n) is 7.62. The molecule has 0 aromatic heterocycles. The zero-order valence-electron chi connectivity index (χ0n) is 32.1. The summed E-state index contributed by atoms with van der Waals surface area (Å²) in [7, 11) is -3.89. The summed E-state index contributed by atoms with van der Waals surface area (Å²) in [6.07, 6.45) is 11.4. The Morgan fingerprint density at radius 1 is 0.927 bits per heavy atom. The number of carbonyl (C=O) groups is 4. The first-order valence-corrected chi connectivity index (χ1v) is 22.0. The number of thioether (sulfide) groups is 1. The lowest BCUT2D eigenvalue weighted by Gasteiger charge is -2.31. The first kappa shape index (κ1) is 40.6. The molecule has 3 fully saturated rings. The van der Waals surface area contributed by atoms with Crippen LogP contribution in [0.2, 0.25) is 0 Å². The average Bonchev–Trinajstić information content (AvgIpc) is 4.08. The van der Waals surface area contributed by atoms with Gasteiger partial charge in [-0.1, -0.05) is 92.1 Å². The zero-order chi connectivity index (χ0) is 39.4. The van der Waals surface area contributed by atoms with Crippen LogP contribution in [0.3, 0.4) is 0 Å². The summed E-state index contributed by atoms with van der Waals surface area (Å²) in [5.41, 5.74) is 0.732. The fraction of sp³-hybridized carbons (Fsp3) is 0.524. The molecular formula is C42H54N4O7S2. The van der Waals surface area contributed by atoms with E-state index in [2.05, 4.69) is 58.4 Å². The number of benzene rings is 2. The van der Waals surface area contributed by atoms with Crippen LogP contribution in [0.25, 0.3) is 11.1 Å². The predicted octanol–water partition coefficient (Wildman–Crippen LogP) is 6.36. The zero-order valence-corrected chi connectivity index (χ0v) is 33.7. The topological polar surface area (TPSA) is 151 Å². The highest BCUT2D eigenvalue weighted by Gasteiger charge is 2.62. The van der Waals surface area contributed by atoms with Crippen molar-refractivity contribution in [3.63, 3.8) is 0 Å². The number of alkyl carbamates (subject to hydrolysis) is 1. The van der Waals surface area contributed by atoms with Crippen molar-refractivity contribution in [1.82, 2.24) is 20.3 Å². The highest BCUT2D eigenvalue weighted by Crippen LogP contribution is 2.50. The summed E-state index contributed by atoms with van der Waals surface area (Å²) in [5.74, 6) is -1.62. The third kappa shape index (κ3) is 9.65. The quantitative estimate of drug-likeness (QED) is 0.249. The van der Waals surface area contributed by atoms with E-state index in [1.54, 1.807) is 43.5 Å². The molecule has 6 rings (SSSR count). The van der Waals surface area contributed by atoms with Crippen LogP contribution >= 0.6 is 11.8 Å². The highest BCUT2D eigenvalue weighted by molar-refractivity contribution is 8.00. The van der Waals surface area contributed by atoms with Crippen molar-refractivity contribution in [3.05, 3.63) is 85.0 Å². The first-order chi connectivity index (χ1) is 26.2. The second kappa shape index (κ2) is 16.6. The van der Waals surface area contributed by atoms with Crippen LogP contribution in [0, 0.1) is 5.92 Å². The normalized spacial score (nSPS) is 28.2. The van der Waals surface area contributed by atoms with Crippen molar-refractivity contribution in [2.24, 2.45) is 5.92 Å². The smallest absolute Gasteiger partial charge is 0.408 e. The van der Waals surface area contributed by atoms with Crippen molar-refractivity contribution in [2.75, 3.05) is 12.3 Å². The van der Waals surface area contributed by atoms with E-state index in [4.69, 9.17) is 4.74 Å². The van der Waals surface area contributed by atoms with Crippen molar-refractivity contribution < 1.29 is 32.3 Å². The molecular weight excluding hydrogens is 737 g/mol. The maximum absolute atomic E-state index is 14.9. The van der Waals surface area contributed by atoms with Gasteiger partial charge < -0.3 is 20.3 Å². The molecule has 5 atom stereocenters. The van der Waals surface area contributed by atoms with Gasteiger partial charge in [0, 0.05) is 18.2 Å². The molecule has 4 aliphatic rings. The van der Waals surface area contributed by atoms with E-state index in [0.29, 0.717) is 31.4 Å². The van der Waals surface area contributed by atoms with E-state index < -0.39 is 73.0 Å². The molecule has 2 aliphatic carbocycles. The Balaban J connectivity index is 1.37. The molecule has 11 nitrogen and oxygen atoms in total. The third-order valence-corrected chi connectivity index (χ3v) is 14.2. The van der Waals surface area contributed by atoms with E-state index in [1.165, 1.54) is 0 Å². The van der Waals surface area contributed by atoms with E-state index in [0.717, 1.165) is 42.4 Å². The monoisotopic (exact) mass is 790 g/mol. The molecule has 3 N–H and O–H groups in total. The van der Waals surface area contributed by atoms with Crippen molar-refractivity contribution >= 4 is 45.6 Å². The van der Waals surface area contributed by atoms with E-state index >= 15 is 0 Å². The third-order valence-electron chi connectivity index (χ3n) is 10.9. The van der Waals surface area contributed by atoms with Crippen molar-refractivity contribution in [3.8, 4) is 11.1 Å². The van der Waals surface area contributed by atoms with Crippen LogP contribution in [0.4, 0.5) is 4.79 Å². The number of nitrogens with zero attached hydrogens (tertiary/aromatic N) is 1. The first-order valence-electron chi connectivity index (χ1n) is 19.4. The largest absolute Gasteiger partial charge is 0.444 e. The minimum Gasteiger partial charge on any atom is -0.444 e. The lowest BCUT2D eigenvalue weighted by molar-refractivity contribution is -0.141. The molecule has 2 aromatic rings. The van der Waals surface area contributed by atoms with Gasteiger partial charge >= 0.3 is 6.09 Å². The molecule has 13 heteroatoms. The van der Waals surface area contributed by atoms with Crippen LogP contribution in [0.1, 0.15) is 90.5 Å². The van der Waals surface area contributed by atoms with Gasteiger partial charge in [0.2, 0.25) is 21.8 Å². The molecule has 296 valence electrons. The molecule has 2 aliphatic heterocycles. The summed E-state index contributed by atoms with van der Waals surface area (Å²) in [4.78, 5) is 57.9. The van der Waals surface area contributed by atoms with Gasteiger partial charge in [-0.25, -0.2) is 13.2 Å². The molecule has 4 amide bonds. The Kier molecular flexibility index (Phi) is 12.2. The number of hydrogen-bond acceptors (Lipinski definition) is 8. The fourth-order valence-corrected chi connectivity index (χ4v) is 10.3. The number of fused-ring (bicyclic) bond motifs is 2. The van der Waals surface area contributed by atoms with Crippen LogP contribution < -0.4 is 15.4 Å². The summed E-state index contributed by atoms with van der Waals surface area (Å²) >= 11 is 1.66. The molecule has 2 aromatic carbocycles. The number of amides is 4. The number of ether oxygens (including phenoxy) is 1. The predicted molar refractivity (Wildman–Crippen MR) is 215 cm³/mol. The van der Waals surface area contributed by atoms with E-state index in [-0.39, 0.29) is 19.4 Å². The van der Waals surface area contributed by atoms with Crippen molar-refractivity contribution in [1.29, 1.82) is 0 Å². The van der Waals surface area contributed by atoms with Crippen LogP contribution in [0.15, 0.2) is 79.4 Å². The second-order valence-corrected chi connectivity index (χ2v) is 19.6. The molecule has 0 spiro atoms. The van der Waals surface area contributed by atoms with Gasteiger partial charge in [-0.2, -0.15) is 0 Å². The number of sulfonamides is 1. The lowest BCUT2D eigenvalue weighted by Crippen LogP contribution is -2.58. The maximum Gasteiger partial charge on any atom is 0.408 e. The van der Waals surface area contributed by atoms with E-state index in [9.17, 15) is 27.6 Å². The summed E-state index contributed by atoms with van der Waals surface area (Å²) in [5, 5.41) is 5.13. The highest BCUT2D eigenvalue weighted by atomic mass is 32.2. The average molecular weight is 791 g/mol. The maximum atomic E-state index is 14.9.